The van der Waals surface area contributed by atoms with Gasteiger partial charge in [0.25, 0.3) is 0 Å². The number of carbonyl (C=O) groups is 1. The van der Waals surface area contributed by atoms with E-state index in [4.69, 9.17) is 14.7 Å². The van der Waals surface area contributed by atoms with Crippen molar-refractivity contribution in [2.45, 2.75) is 19.5 Å². The predicted molar refractivity (Wildman–Crippen MR) is 51.5 cm³/mol. The summed E-state index contributed by atoms with van der Waals surface area (Å²) in [6, 6.07) is 1.37. The molecule has 0 bridgehead atoms. The van der Waals surface area contributed by atoms with Crippen molar-refractivity contribution in [2.24, 2.45) is 0 Å². The zero-order chi connectivity index (χ0) is 11.4. The van der Waals surface area contributed by atoms with Crippen LogP contribution in [-0.2, 0) is 6.54 Å². The Hall–Kier alpha value is -1.40. The van der Waals surface area contributed by atoms with Crippen LogP contribution in [0.5, 0.6) is 0 Å². The van der Waals surface area contributed by atoms with Crippen LogP contribution in [0.25, 0.3) is 0 Å². The van der Waals surface area contributed by atoms with Gasteiger partial charge < -0.3 is 14.7 Å². The maximum absolute atomic E-state index is 10.5. The molecule has 1 unspecified atom stereocenters. The van der Waals surface area contributed by atoms with Gasteiger partial charge in [0.1, 0.15) is 0 Å². The van der Waals surface area contributed by atoms with Crippen LogP contribution >= 0.6 is 0 Å². The molecule has 0 saturated carbocycles. The summed E-state index contributed by atoms with van der Waals surface area (Å²) in [4.78, 5) is 12.4. The van der Waals surface area contributed by atoms with E-state index >= 15 is 0 Å². The van der Waals surface area contributed by atoms with E-state index in [1.807, 2.05) is 18.9 Å². The number of nitrogens with zero attached hydrogens (tertiary/aromatic N) is 2. The van der Waals surface area contributed by atoms with Crippen LogP contribution in [0.1, 0.15) is 23.2 Å². The Balaban J connectivity index is 2.61. The molecule has 6 nitrogen and oxygen atoms in total. The molecule has 0 aliphatic rings. The molecule has 0 radical (unpaired) electrons. The number of likely N-dealkylation sites (N-methyl/N-ethyl adjacent to an activating group) is 1. The Labute approximate surface area is 87.1 Å². The van der Waals surface area contributed by atoms with Gasteiger partial charge >= 0.3 is 5.97 Å². The summed E-state index contributed by atoms with van der Waals surface area (Å²) in [6.07, 6.45) is 0. The molecule has 1 aromatic rings. The summed E-state index contributed by atoms with van der Waals surface area (Å²) < 4.78 is 4.84. The Morgan fingerprint density at radius 1 is 1.73 bits per heavy atom. The highest BCUT2D eigenvalue weighted by Crippen LogP contribution is 2.08. The molecule has 0 aliphatic heterocycles. The lowest BCUT2D eigenvalue weighted by Gasteiger charge is -2.20. The Kier molecular flexibility index (Phi) is 3.81. The number of aromatic carboxylic acids is 1. The van der Waals surface area contributed by atoms with Gasteiger partial charge in [-0.25, -0.2) is 4.79 Å². The van der Waals surface area contributed by atoms with Crippen LogP contribution < -0.4 is 0 Å². The first-order valence-corrected chi connectivity index (χ1v) is 4.54. The number of rotatable bonds is 5. The minimum atomic E-state index is -1.11. The standard InChI is InChI=1S/C9H14N2O4/c1-6(5-12)11(2)4-7-3-8(9(13)14)10-15-7/h3,6,12H,4-5H2,1-2H3,(H,13,14). The van der Waals surface area contributed by atoms with Gasteiger partial charge in [-0.1, -0.05) is 5.16 Å². The summed E-state index contributed by atoms with van der Waals surface area (Å²) in [6.45, 7) is 2.31. The fraction of sp³-hybridized carbons (Fsp3) is 0.556. The van der Waals surface area contributed by atoms with Gasteiger partial charge in [-0.15, -0.1) is 0 Å². The van der Waals surface area contributed by atoms with E-state index in [2.05, 4.69) is 5.16 Å². The van der Waals surface area contributed by atoms with Crippen LogP contribution in [0.2, 0.25) is 0 Å². The summed E-state index contributed by atoms with van der Waals surface area (Å²) >= 11 is 0. The average molecular weight is 214 g/mol. The lowest BCUT2D eigenvalue weighted by atomic mass is 10.3. The first kappa shape index (κ1) is 11.7. The molecule has 84 valence electrons. The molecule has 0 aromatic carbocycles. The van der Waals surface area contributed by atoms with Gasteiger partial charge in [0, 0.05) is 12.1 Å². The van der Waals surface area contributed by atoms with E-state index in [0.29, 0.717) is 12.3 Å². The van der Waals surface area contributed by atoms with Crippen LogP contribution in [0.4, 0.5) is 0 Å². The number of aliphatic hydroxyl groups is 1. The Morgan fingerprint density at radius 2 is 2.40 bits per heavy atom. The van der Waals surface area contributed by atoms with Crippen LogP contribution in [0, 0.1) is 0 Å². The number of carboxylic acid groups (broad SMARTS) is 1. The first-order valence-electron chi connectivity index (χ1n) is 4.54. The fourth-order valence-electron chi connectivity index (χ4n) is 1.03. The third-order valence-electron chi connectivity index (χ3n) is 2.20. The van der Waals surface area contributed by atoms with Gasteiger partial charge in [-0.3, -0.25) is 4.90 Å². The molecule has 1 atom stereocenters. The second-order valence-corrected chi connectivity index (χ2v) is 3.43. The molecule has 0 fully saturated rings. The highest BCUT2D eigenvalue weighted by Gasteiger charge is 2.14. The van der Waals surface area contributed by atoms with Crippen molar-refractivity contribution in [2.75, 3.05) is 13.7 Å². The van der Waals surface area contributed by atoms with Crippen molar-refractivity contribution >= 4 is 5.97 Å². The molecule has 1 heterocycles. The number of aromatic nitrogens is 1. The molecule has 2 N–H and O–H groups in total. The highest BCUT2D eigenvalue weighted by molar-refractivity contribution is 5.85. The van der Waals surface area contributed by atoms with Gasteiger partial charge in [0.2, 0.25) is 0 Å². The minimum absolute atomic E-state index is 0.0108. The normalized spacial score (nSPS) is 13.1. The van der Waals surface area contributed by atoms with Gasteiger partial charge in [-0.2, -0.15) is 0 Å². The van der Waals surface area contributed by atoms with Crippen molar-refractivity contribution in [3.8, 4) is 0 Å². The highest BCUT2D eigenvalue weighted by atomic mass is 16.5. The first-order chi connectivity index (χ1) is 7.04. The minimum Gasteiger partial charge on any atom is -0.476 e. The molecule has 0 amide bonds. The van der Waals surface area contributed by atoms with Crippen LogP contribution in [0.3, 0.4) is 0 Å². The zero-order valence-corrected chi connectivity index (χ0v) is 8.67. The zero-order valence-electron chi connectivity index (χ0n) is 8.67. The average Bonchev–Trinajstić information content (AvgIpc) is 2.65. The van der Waals surface area contributed by atoms with E-state index in [9.17, 15) is 4.79 Å². The quantitative estimate of drug-likeness (QED) is 0.727. The van der Waals surface area contributed by atoms with E-state index in [0.717, 1.165) is 0 Å². The third-order valence-corrected chi connectivity index (χ3v) is 2.20. The lowest BCUT2D eigenvalue weighted by molar-refractivity contribution is 0.0685. The van der Waals surface area contributed by atoms with E-state index < -0.39 is 5.97 Å². The monoisotopic (exact) mass is 214 g/mol. The molecular weight excluding hydrogens is 200 g/mol. The van der Waals surface area contributed by atoms with E-state index in [1.54, 1.807) is 0 Å². The molecule has 6 heteroatoms. The van der Waals surface area contributed by atoms with Gasteiger partial charge in [0.05, 0.1) is 13.2 Å². The number of aliphatic hydroxyl groups excluding tert-OH is 1. The fourth-order valence-corrected chi connectivity index (χ4v) is 1.03. The Morgan fingerprint density at radius 3 is 2.87 bits per heavy atom. The Bertz CT molecular complexity index is 337. The molecule has 15 heavy (non-hydrogen) atoms. The lowest BCUT2D eigenvalue weighted by Crippen LogP contribution is -2.31. The molecule has 1 rings (SSSR count). The van der Waals surface area contributed by atoms with E-state index in [1.165, 1.54) is 6.07 Å². The van der Waals surface area contributed by atoms with Crippen molar-refractivity contribution in [1.29, 1.82) is 0 Å². The number of hydrogen-bond acceptors (Lipinski definition) is 5. The second-order valence-electron chi connectivity index (χ2n) is 3.43. The topological polar surface area (TPSA) is 86.8 Å². The van der Waals surface area contributed by atoms with Crippen molar-refractivity contribution in [1.82, 2.24) is 10.1 Å². The number of hydrogen-bond donors (Lipinski definition) is 2. The summed E-state index contributed by atoms with van der Waals surface area (Å²) in [5.41, 5.74) is -0.102. The van der Waals surface area contributed by atoms with Crippen molar-refractivity contribution < 1.29 is 19.5 Å². The summed E-state index contributed by atoms with van der Waals surface area (Å²) in [5, 5.41) is 20.9. The summed E-state index contributed by atoms with van der Waals surface area (Å²) in [5.74, 6) is -0.641. The molecule has 0 saturated heterocycles. The molecule has 1 aromatic heterocycles. The smallest absolute Gasteiger partial charge is 0.358 e. The molecular formula is C9H14N2O4. The third kappa shape index (κ3) is 3.03. The van der Waals surface area contributed by atoms with Crippen molar-refractivity contribution in [3.63, 3.8) is 0 Å². The molecule has 0 spiro atoms. The van der Waals surface area contributed by atoms with Gasteiger partial charge in [0.15, 0.2) is 11.5 Å². The largest absolute Gasteiger partial charge is 0.476 e. The second kappa shape index (κ2) is 4.90. The molecule has 0 aliphatic carbocycles. The van der Waals surface area contributed by atoms with Crippen LogP contribution in [0.15, 0.2) is 10.6 Å². The van der Waals surface area contributed by atoms with Crippen LogP contribution in [-0.4, -0.2) is 45.9 Å². The van der Waals surface area contributed by atoms with E-state index in [-0.39, 0.29) is 18.3 Å². The maximum atomic E-state index is 10.5. The summed E-state index contributed by atoms with van der Waals surface area (Å²) in [7, 11) is 1.81. The van der Waals surface area contributed by atoms with Crippen molar-refractivity contribution in [3.05, 3.63) is 17.5 Å². The maximum Gasteiger partial charge on any atom is 0.358 e. The SMILES string of the molecule is CC(CO)N(C)Cc1cc(C(=O)O)no1. The van der Waals surface area contributed by atoms with Gasteiger partial charge in [-0.05, 0) is 14.0 Å². The number of carboxylic acids is 1. The predicted octanol–water partition coefficient (Wildman–Crippen LogP) is 0.185.